The average molecular weight is 411 g/mol. The Kier molecular flexibility index (Phi) is 4.97. The zero-order valence-electron chi connectivity index (χ0n) is 18.0. The zero-order chi connectivity index (χ0) is 21.7. The van der Waals surface area contributed by atoms with E-state index in [-0.39, 0.29) is 34.5 Å². The summed E-state index contributed by atoms with van der Waals surface area (Å²) >= 11 is 0. The van der Waals surface area contributed by atoms with E-state index < -0.39 is 0 Å². The Morgan fingerprint density at radius 2 is 1.63 bits per heavy atom. The van der Waals surface area contributed by atoms with Gasteiger partial charge < -0.3 is 24.8 Å². The topological polar surface area (TPSA) is 79.2 Å². The average Bonchev–Trinajstić information content (AvgIpc) is 2.68. The molecule has 1 heterocycles. The molecule has 2 aliphatic rings. The minimum absolute atomic E-state index is 0.0171. The molecule has 0 spiro atoms. The van der Waals surface area contributed by atoms with E-state index in [0.29, 0.717) is 11.3 Å². The number of methoxy groups -OCH3 is 1. The van der Waals surface area contributed by atoms with Crippen molar-refractivity contribution in [2.24, 2.45) is 11.3 Å². The van der Waals surface area contributed by atoms with Crippen LogP contribution in [0.1, 0.15) is 50.3 Å². The number of hydrogen-bond acceptors (Lipinski definition) is 5. The molecule has 1 fully saturated rings. The lowest BCUT2D eigenvalue weighted by molar-refractivity contribution is -0.138. The van der Waals surface area contributed by atoms with Gasteiger partial charge in [-0.15, -0.1) is 0 Å². The summed E-state index contributed by atoms with van der Waals surface area (Å²) in [6.45, 7) is 6.41. The maximum atomic E-state index is 10.6. The summed E-state index contributed by atoms with van der Waals surface area (Å²) in [4.78, 5) is 0. The van der Waals surface area contributed by atoms with Crippen molar-refractivity contribution in [3.8, 4) is 23.0 Å². The van der Waals surface area contributed by atoms with Gasteiger partial charge in [-0.3, -0.25) is 0 Å². The van der Waals surface area contributed by atoms with Gasteiger partial charge in [0.2, 0.25) is 0 Å². The quantitative estimate of drug-likeness (QED) is 0.636. The highest BCUT2D eigenvalue weighted by atomic mass is 16.5. The summed E-state index contributed by atoms with van der Waals surface area (Å²) in [5, 5.41) is 30.0. The van der Waals surface area contributed by atoms with Crippen LogP contribution in [0.25, 0.3) is 12.2 Å². The van der Waals surface area contributed by atoms with E-state index in [1.165, 1.54) is 6.07 Å². The molecular formula is C25H30O5. The standard InChI is InChI=1S/C25H30O5/c1-24(2)21-13-17-9-15(5-6-16-10-18(26)14-19(27)11-16)12-20(29-4)23(17)30-25(21,3)8-7-22(24)28/h5-6,9-12,14,21-22,26-28H,7-8,13H2,1-4H3/t21-,22-,25-/m1/s1. The number of rotatable bonds is 3. The summed E-state index contributed by atoms with van der Waals surface area (Å²) in [7, 11) is 1.64. The molecule has 0 saturated heterocycles. The molecule has 4 rings (SSSR count). The Bertz CT molecular complexity index is 973. The van der Waals surface area contributed by atoms with Crippen molar-refractivity contribution in [2.75, 3.05) is 7.11 Å². The number of benzene rings is 2. The molecule has 0 amide bonds. The number of aromatic hydroxyl groups is 2. The SMILES string of the molecule is COc1cc(C=Cc2cc(O)cc(O)c2)cc2c1O[C@]1(C)CC[C@@H](O)C(C)(C)[C@H]1C2. The van der Waals surface area contributed by atoms with Gasteiger partial charge in [0.25, 0.3) is 0 Å². The summed E-state index contributed by atoms with van der Waals surface area (Å²) in [6, 6.07) is 8.50. The molecule has 1 saturated carbocycles. The van der Waals surface area contributed by atoms with Crippen molar-refractivity contribution in [1.29, 1.82) is 0 Å². The van der Waals surface area contributed by atoms with Crippen LogP contribution in [0.5, 0.6) is 23.0 Å². The second kappa shape index (κ2) is 7.24. The number of aliphatic hydroxyl groups excluding tert-OH is 1. The van der Waals surface area contributed by atoms with Gasteiger partial charge in [-0.05, 0) is 72.6 Å². The molecule has 160 valence electrons. The second-order valence-corrected chi connectivity index (χ2v) is 9.37. The van der Waals surface area contributed by atoms with Gasteiger partial charge in [-0.2, -0.15) is 0 Å². The Labute approximate surface area is 177 Å². The lowest BCUT2D eigenvalue weighted by Crippen LogP contribution is -2.58. The van der Waals surface area contributed by atoms with Gasteiger partial charge in [0, 0.05) is 12.0 Å². The fourth-order valence-electron chi connectivity index (χ4n) is 5.15. The Balaban J connectivity index is 1.71. The molecule has 5 heteroatoms. The number of phenols is 2. The molecule has 3 atom stereocenters. The van der Waals surface area contributed by atoms with E-state index >= 15 is 0 Å². The van der Waals surface area contributed by atoms with Crippen LogP contribution in [0.4, 0.5) is 0 Å². The van der Waals surface area contributed by atoms with Crippen LogP contribution in [0.15, 0.2) is 30.3 Å². The highest BCUT2D eigenvalue weighted by Gasteiger charge is 2.54. The van der Waals surface area contributed by atoms with Gasteiger partial charge in [0.15, 0.2) is 11.5 Å². The van der Waals surface area contributed by atoms with Crippen LogP contribution < -0.4 is 9.47 Å². The van der Waals surface area contributed by atoms with Crippen molar-refractivity contribution < 1.29 is 24.8 Å². The molecule has 1 aliphatic heterocycles. The van der Waals surface area contributed by atoms with Crippen molar-refractivity contribution >= 4 is 12.2 Å². The predicted octanol–water partition coefficient (Wildman–Crippen LogP) is 4.77. The van der Waals surface area contributed by atoms with Gasteiger partial charge >= 0.3 is 0 Å². The van der Waals surface area contributed by atoms with Crippen molar-refractivity contribution in [2.45, 2.75) is 51.7 Å². The fourth-order valence-corrected chi connectivity index (χ4v) is 5.15. The van der Waals surface area contributed by atoms with Crippen molar-refractivity contribution in [3.05, 3.63) is 47.0 Å². The van der Waals surface area contributed by atoms with Crippen molar-refractivity contribution in [1.82, 2.24) is 0 Å². The summed E-state index contributed by atoms with van der Waals surface area (Å²) in [5.74, 6) is 1.70. The second-order valence-electron chi connectivity index (χ2n) is 9.37. The van der Waals surface area contributed by atoms with Crippen LogP contribution in [0.2, 0.25) is 0 Å². The van der Waals surface area contributed by atoms with Gasteiger partial charge in [-0.1, -0.05) is 26.0 Å². The first-order valence-electron chi connectivity index (χ1n) is 10.4. The minimum Gasteiger partial charge on any atom is -0.508 e. The lowest BCUT2D eigenvalue weighted by atomic mass is 9.57. The molecule has 2 aromatic carbocycles. The number of hydrogen-bond donors (Lipinski definition) is 3. The molecule has 1 aliphatic carbocycles. The maximum Gasteiger partial charge on any atom is 0.165 e. The van der Waals surface area contributed by atoms with Crippen LogP contribution in [-0.4, -0.2) is 34.1 Å². The molecule has 30 heavy (non-hydrogen) atoms. The van der Waals surface area contributed by atoms with E-state index in [1.807, 2.05) is 18.2 Å². The smallest absolute Gasteiger partial charge is 0.165 e. The molecule has 3 N–H and O–H groups in total. The molecule has 0 bridgehead atoms. The molecule has 0 radical (unpaired) electrons. The molecule has 2 aromatic rings. The van der Waals surface area contributed by atoms with E-state index in [0.717, 1.165) is 36.1 Å². The maximum absolute atomic E-state index is 10.6. The summed E-state index contributed by atoms with van der Waals surface area (Å²) < 4.78 is 12.2. The first-order chi connectivity index (χ1) is 14.1. The number of ether oxygens (including phenoxy) is 2. The molecule has 0 aromatic heterocycles. The summed E-state index contributed by atoms with van der Waals surface area (Å²) in [5.41, 5.74) is 2.12. The lowest BCUT2D eigenvalue weighted by Gasteiger charge is -2.55. The van der Waals surface area contributed by atoms with Crippen molar-refractivity contribution in [3.63, 3.8) is 0 Å². The third kappa shape index (κ3) is 3.52. The van der Waals surface area contributed by atoms with Crippen LogP contribution >= 0.6 is 0 Å². The Morgan fingerprint density at radius 1 is 1.00 bits per heavy atom. The zero-order valence-corrected chi connectivity index (χ0v) is 18.0. The highest BCUT2D eigenvalue weighted by Crippen LogP contribution is 2.54. The molecule has 5 nitrogen and oxygen atoms in total. The van der Waals surface area contributed by atoms with E-state index in [9.17, 15) is 15.3 Å². The van der Waals surface area contributed by atoms with E-state index in [4.69, 9.17) is 9.47 Å². The summed E-state index contributed by atoms with van der Waals surface area (Å²) in [6.07, 6.45) is 5.77. The highest BCUT2D eigenvalue weighted by molar-refractivity contribution is 5.73. The number of phenolic OH excluding ortho intramolecular Hbond substituents is 2. The predicted molar refractivity (Wildman–Crippen MR) is 117 cm³/mol. The van der Waals surface area contributed by atoms with Gasteiger partial charge in [-0.25, -0.2) is 0 Å². The Hall–Kier alpha value is -2.66. The number of fused-ring (bicyclic) bond motifs is 2. The van der Waals surface area contributed by atoms with Crippen LogP contribution in [-0.2, 0) is 6.42 Å². The van der Waals surface area contributed by atoms with E-state index in [1.54, 1.807) is 19.2 Å². The fraction of sp³-hybridized carbons (Fsp3) is 0.440. The van der Waals surface area contributed by atoms with Gasteiger partial charge in [0.1, 0.15) is 17.1 Å². The Morgan fingerprint density at radius 3 is 2.27 bits per heavy atom. The molecular weight excluding hydrogens is 380 g/mol. The first kappa shape index (κ1) is 20.6. The normalized spacial score (nSPS) is 27.2. The largest absolute Gasteiger partial charge is 0.508 e. The monoisotopic (exact) mass is 410 g/mol. The van der Waals surface area contributed by atoms with Crippen LogP contribution in [0.3, 0.4) is 0 Å². The number of aliphatic hydroxyl groups is 1. The van der Waals surface area contributed by atoms with Crippen LogP contribution in [0, 0.1) is 11.3 Å². The first-order valence-corrected chi connectivity index (χ1v) is 10.4. The van der Waals surface area contributed by atoms with E-state index in [2.05, 4.69) is 26.8 Å². The third-order valence-corrected chi connectivity index (χ3v) is 6.93. The van der Waals surface area contributed by atoms with Gasteiger partial charge in [0.05, 0.1) is 13.2 Å². The molecule has 0 unspecified atom stereocenters. The third-order valence-electron chi connectivity index (χ3n) is 6.93. The minimum atomic E-state index is -0.343.